The van der Waals surface area contributed by atoms with Crippen LogP contribution in [-0.2, 0) is 14.3 Å². The van der Waals surface area contributed by atoms with Gasteiger partial charge in [0.2, 0.25) is 5.91 Å². The number of rotatable bonds is 4. The summed E-state index contributed by atoms with van der Waals surface area (Å²) in [7, 11) is 1.36. The van der Waals surface area contributed by atoms with Crippen LogP contribution in [0.15, 0.2) is 0 Å². The highest BCUT2D eigenvalue weighted by Crippen LogP contribution is 2.08. The SMILES string of the molecule is CN(NC(=O)CCCC(=O)O)C(=O)OC(C)(C)C. The minimum atomic E-state index is -0.955. The van der Waals surface area contributed by atoms with Gasteiger partial charge < -0.3 is 9.84 Å². The largest absolute Gasteiger partial charge is 0.481 e. The average molecular weight is 260 g/mol. The van der Waals surface area contributed by atoms with Crippen molar-refractivity contribution in [2.75, 3.05) is 7.05 Å². The minimum Gasteiger partial charge on any atom is -0.481 e. The maximum absolute atomic E-state index is 11.5. The van der Waals surface area contributed by atoms with Gasteiger partial charge in [0.15, 0.2) is 0 Å². The minimum absolute atomic E-state index is 0.0411. The fraction of sp³-hybridized carbons (Fsp3) is 0.727. The Kier molecular flexibility index (Phi) is 6.15. The molecule has 0 rings (SSSR count). The van der Waals surface area contributed by atoms with Crippen LogP contribution in [0.25, 0.3) is 0 Å². The molecule has 0 aliphatic heterocycles. The van der Waals surface area contributed by atoms with Crippen molar-refractivity contribution in [1.29, 1.82) is 0 Å². The average Bonchev–Trinajstić information content (AvgIpc) is 2.13. The molecule has 0 spiro atoms. The van der Waals surface area contributed by atoms with Crippen LogP contribution in [0.1, 0.15) is 40.0 Å². The molecule has 0 heterocycles. The molecule has 0 atom stereocenters. The summed E-state index contributed by atoms with van der Waals surface area (Å²) >= 11 is 0. The van der Waals surface area contributed by atoms with Crippen molar-refractivity contribution in [2.45, 2.75) is 45.6 Å². The first kappa shape index (κ1) is 16.2. The number of carboxylic acids is 1. The number of nitrogens with zero attached hydrogens (tertiary/aromatic N) is 1. The molecule has 2 amide bonds. The normalized spacial score (nSPS) is 10.7. The number of hydrazine groups is 1. The molecule has 0 saturated carbocycles. The van der Waals surface area contributed by atoms with Gasteiger partial charge in [0.1, 0.15) is 5.60 Å². The second-order valence-electron chi connectivity index (χ2n) is 4.82. The van der Waals surface area contributed by atoms with Gasteiger partial charge in [-0.2, -0.15) is 0 Å². The highest BCUT2D eigenvalue weighted by Gasteiger charge is 2.20. The lowest BCUT2D eigenvalue weighted by Crippen LogP contribution is -2.45. The molecule has 0 aromatic rings. The molecule has 0 fully saturated rings. The zero-order chi connectivity index (χ0) is 14.3. The predicted molar refractivity (Wildman–Crippen MR) is 63.6 cm³/mol. The maximum atomic E-state index is 11.5. The van der Waals surface area contributed by atoms with E-state index in [2.05, 4.69) is 5.43 Å². The van der Waals surface area contributed by atoms with Gasteiger partial charge in [-0.3, -0.25) is 15.0 Å². The molecule has 0 aliphatic carbocycles. The Balaban J connectivity index is 4.00. The number of carboxylic acid groups (broad SMARTS) is 1. The number of nitrogens with one attached hydrogen (secondary N) is 1. The third-order valence-electron chi connectivity index (χ3n) is 1.75. The molecule has 0 bridgehead atoms. The van der Waals surface area contributed by atoms with Gasteiger partial charge in [0, 0.05) is 19.9 Å². The monoisotopic (exact) mass is 260 g/mol. The van der Waals surface area contributed by atoms with E-state index in [1.807, 2.05) is 0 Å². The van der Waals surface area contributed by atoms with Crippen LogP contribution in [0, 0.1) is 0 Å². The van der Waals surface area contributed by atoms with Gasteiger partial charge in [-0.15, -0.1) is 0 Å². The van der Waals surface area contributed by atoms with Crippen LogP contribution in [-0.4, -0.2) is 40.7 Å². The van der Waals surface area contributed by atoms with Gasteiger partial charge in [0.05, 0.1) is 0 Å². The van der Waals surface area contributed by atoms with Gasteiger partial charge >= 0.3 is 12.1 Å². The molecule has 2 N–H and O–H groups in total. The Morgan fingerprint density at radius 3 is 2.22 bits per heavy atom. The summed E-state index contributed by atoms with van der Waals surface area (Å²) in [6.45, 7) is 5.15. The fourth-order valence-corrected chi connectivity index (χ4v) is 1.02. The van der Waals surface area contributed by atoms with E-state index in [0.29, 0.717) is 0 Å². The van der Waals surface area contributed by atoms with Crippen LogP contribution >= 0.6 is 0 Å². The van der Waals surface area contributed by atoms with E-state index in [0.717, 1.165) is 5.01 Å². The van der Waals surface area contributed by atoms with Crippen molar-refractivity contribution < 1.29 is 24.2 Å². The van der Waals surface area contributed by atoms with E-state index >= 15 is 0 Å². The van der Waals surface area contributed by atoms with Crippen LogP contribution in [0.5, 0.6) is 0 Å². The molecule has 7 heteroatoms. The molecule has 0 aromatic carbocycles. The van der Waals surface area contributed by atoms with E-state index in [1.165, 1.54) is 7.05 Å². The summed E-state index contributed by atoms with van der Waals surface area (Å²) in [4.78, 5) is 33.1. The zero-order valence-corrected chi connectivity index (χ0v) is 11.1. The van der Waals surface area contributed by atoms with Gasteiger partial charge in [-0.25, -0.2) is 9.80 Å². The number of ether oxygens (including phenoxy) is 1. The van der Waals surface area contributed by atoms with Crippen molar-refractivity contribution in [1.82, 2.24) is 10.4 Å². The van der Waals surface area contributed by atoms with Crippen LogP contribution in [0.2, 0.25) is 0 Å². The van der Waals surface area contributed by atoms with Crippen molar-refractivity contribution in [3.8, 4) is 0 Å². The van der Waals surface area contributed by atoms with Crippen molar-refractivity contribution in [2.24, 2.45) is 0 Å². The Bertz CT molecular complexity index is 322. The third-order valence-corrected chi connectivity index (χ3v) is 1.75. The maximum Gasteiger partial charge on any atom is 0.428 e. The van der Waals surface area contributed by atoms with Crippen LogP contribution < -0.4 is 5.43 Å². The second kappa shape index (κ2) is 6.83. The summed E-state index contributed by atoms with van der Waals surface area (Å²) in [6, 6.07) is 0. The number of aliphatic carboxylic acids is 1. The molecule has 18 heavy (non-hydrogen) atoms. The van der Waals surface area contributed by atoms with Crippen molar-refractivity contribution >= 4 is 18.0 Å². The topological polar surface area (TPSA) is 95.9 Å². The Morgan fingerprint density at radius 2 is 1.78 bits per heavy atom. The van der Waals surface area contributed by atoms with Gasteiger partial charge in [-0.1, -0.05) is 0 Å². The standard InChI is InChI=1S/C11H20N2O5/c1-11(2,3)18-10(17)13(4)12-8(14)6-5-7-9(15)16/h5-7H2,1-4H3,(H,12,14)(H,15,16). The summed E-state index contributed by atoms with van der Waals surface area (Å²) in [6.07, 6.45) is -0.485. The van der Waals surface area contributed by atoms with Crippen molar-refractivity contribution in [3.05, 3.63) is 0 Å². The van der Waals surface area contributed by atoms with E-state index in [9.17, 15) is 14.4 Å². The number of carbonyl (C=O) groups excluding carboxylic acids is 2. The molecule has 0 aliphatic rings. The highest BCUT2D eigenvalue weighted by molar-refractivity contribution is 5.79. The predicted octanol–water partition coefficient (Wildman–Crippen LogP) is 1.14. The summed E-state index contributed by atoms with van der Waals surface area (Å²) in [5.74, 6) is -1.38. The summed E-state index contributed by atoms with van der Waals surface area (Å²) in [5.41, 5.74) is 1.66. The number of hydrogen-bond donors (Lipinski definition) is 2. The first-order chi connectivity index (χ1) is 8.11. The third kappa shape index (κ3) is 8.37. The zero-order valence-electron chi connectivity index (χ0n) is 11.1. The number of hydrogen-bond acceptors (Lipinski definition) is 4. The summed E-state index contributed by atoms with van der Waals surface area (Å²) < 4.78 is 5.02. The van der Waals surface area contributed by atoms with Crippen LogP contribution in [0.4, 0.5) is 4.79 Å². The molecule has 0 saturated heterocycles. The second-order valence-corrected chi connectivity index (χ2v) is 4.82. The smallest absolute Gasteiger partial charge is 0.428 e. The first-order valence-electron chi connectivity index (χ1n) is 5.60. The van der Waals surface area contributed by atoms with Crippen molar-refractivity contribution in [3.63, 3.8) is 0 Å². The number of amides is 2. The Labute approximate surface area is 106 Å². The Hall–Kier alpha value is -1.79. The van der Waals surface area contributed by atoms with E-state index in [4.69, 9.17) is 9.84 Å². The van der Waals surface area contributed by atoms with E-state index < -0.39 is 23.6 Å². The molecule has 0 aromatic heterocycles. The quantitative estimate of drug-likeness (QED) is 0.739. The highest BCUT2D eigenvalue weighted by atomic mass is 16.6. The van der Waals surface area contributed by atoms with Gasteiger partial charge in [0.25, 0.3) is 0 Å². The molecule has 0 radical (unpaired) electrons. The molecule has 7 nitrogen and oxygen atoms in total. The lowest BCUT2D eigenvalue weighted by molar-refractivity contribution is -0.137. The lowest BCUT2D eigenvalue weighted by Gasteiger charge is -2.24. The Morgan fingerprint density at radius 1 is 1.22 bits per heavy atom. The van der Waals surface area contributed by atoms with Crippen LogP contribution in [0.3, 0.4) is 0 Å². The molecular weight excluding hydrogens is 240 g/mol. The van der Waals surface area contributed by atoms with E-state index in [1.54, 1.807) is 20.8 Å². The van der Waals surface area contributed by atoms with Gasteiger partial charge in [-0.05, 0) is 27.2 Å². The fourth-order valence-electron chi connectivity index (χ4n) is 1.02. The molecule has 104 valence electrons. The lowest BCUT2D eigenvalue weighted by atomic mass is 10.2. The molecular formula is C11H20N2O5. The first-order valence-corrected chi connectivity index (χ1v) is 5.60. The summed E-state index contributed by atoms with van der Waals surface area (Å²) in [5, 5.41) is 9.35. The molecule has 0 unspecified atom stereocenters. The number of carbonyl (C=O) groups is 3. The van der Waals surface area contributed by atoms with E-state index in [-0.39, 0.29) is 19.3 Å².